The van der Waals surface area contributed by atoms with Crippen molar-refractivity contribution < 1.29 is 80.2 Å². The van der Waals surface area contributed by atoms with Crippen molar-refractivity contribution in [3.63, 3.8) is 0 Å². The topological polar surface area (TPSA) is 237 Å². The highest BCUT2D eigenvalue weighted by Crippen LogP contribution is 2.45. The molecular formula is C87H144O17P2. The first kappa shape index (κ1) is 101. The summed E-state index contributed by atoms with van der Waals surface area (Å²) in [5.74, 6) is -2.38. The Morgan fingerprint density at radius 3 is 0.802 bits per heavy atom. The number of carbonyl (C=O) groups excluding carboxylic acids is 4. The molecule has 0 fully saturated rings. The summed E-state index contributed by atoms with van der Waals surface area (Å²) < 4.78 is 68.5. The highest BCUT2D eigenvalue weighted by atomic mass is 31.2. The van der Waals surface area contributed by atoms with Gasteiger partial charge in [0.25, 0.3) is 0 Å². The van der Waals surface area contributed by atoms with Gasteiger partial charge in [-0.2, -0.15) is 0 Å². The van der Waals surface area contributed by atoms with Crippen LogP contribution in [0.25, 0.3) is 0 Å². The van der Waals surface area contributed by atoms with Gasteiger partial charge in [0.2, 0.25) is 0 Å². The fourth-order valence-corrected chi connectivity index (χ4v) is 12.0. The molecule has 5 atom stereocenters. The van der Waals surface area contributed by atoms with Crippen molar-refractivity contribution >= 4 is 39.5 Å². The van der Waals surface area contributed by atoms with Crippen LogP contribution in [-0.4, -0.2) is 96.7 Å². The third-order valence-corrected chi connectivity index (χ3v) is 18.4. The van der Waals surface area contributed by atoms with Crippen molar-refractivity contribution in [1.29, 1.82) is 0 Å². The van der Waals surface area contributed by atoms with E-state index in [1.807, 2.05) is 36.5 Å². The molecule has 0 aromatic heterocycles. The molecule has 3 N–H and O–H groups in total. The summed E-state index contributed by atoms with van der Waals surface area (Å²) in [5, 5.41) is 10.6. The van der Waals surface area contributed by atoms with Gasteiger partial charge in [-0.1, -0.05) is 314 Å². The van der Waals surface area contributed by atoms with E-state index >= 15 is 0 Å². The van der Waals surface area contributed by atoms with Crippen LogP contribution < -0.4 is 0 Å². The summed E-state index contributed by atoms with van der Waals surface area (Å²) in [6, 6.07) is 0. The maximum atomic E-state index is 13.1. The first-order chi connectivity index (χ1) is 51.7. The van der Waals surface area contributed by atoms with Crippen molar-refractivity contribution in [2.45, 2.75) is 329 Å². The van der Waals surface area contributed by atoms with Crippen LogP contribution in [-0.2, 0) is 65.4 Å². The van der Waals surface area contributed by atoms with E-state index in [2.05, 4.69) is 149 Å². The van der Waals surface area contributed by atoms with E-state index in [-0.39, 0.29) is 25.7 Å². The van der Waals surface area contributed by atoms with Crippen molar-refractivity contribution in [1.82, 2.24) is 0 Å². The Kier molecular flexibility index (Phi) is 73.9. The van der Waals surface area contributed by atoms with Crippen LogP contribution >= 0.6 is 15.6 Å². The van der Waals surface area contributed by atoms with Crippen LogP contribution in [0.3, 0.4) is 0 Å². The lowest BCUT2D eigenvalue weighted by Crippen LogP contribution is -2.30. The quantitative estimate of drug-likeness (QED) is 0.0169. The van der Waals surface area contributed by atoms with Gasteiger partial charge in [-0.3, -0.25) is 37.3 Å². The minimum atomic E-state index is -5.00. The molecule has 0 aliphatic carbocycles. The van der Waals surface area contributed by atoms with E-state index in [1.165, 1.54) is 89.9 Å². The Morgan fingerprint density at radius 1 is 0.274 bits per heavy atom. The smallest absolute Gasteiger partial charge is 0.462 e. The molecule has 0 spiro atoms. The summed E-state index contributed by atoms with van der Waals surface area (Å²) in [4.78, 5) is 73.0. The molecule has 0 saturated carbocycles. The second-order valence-electron chi connectivity index (χ2n) is 26.6. The first-order valence-electron chi connectivity index (χ1n) is 40.7. The maximum absolute atomic E-state index is 13.1. The third-order valence-electron chi connectivity index (χ3n) is 16.5. The van der Waals surface area contributed by atoms with Crippen LogP contribution in [0.2, 0.25) is 0 Å². The number of phosphoric ester groups is 2. The highest BCUT2D eigenvalue weighted by molar-refractivity contribution is 7.47. The lowest BCUT2D eigenvalue weighted by atomic mass is 10.0. The zero-order valence-electron chi connectivity index (χ0n) is 66.1. The van der Waals surface area contributed by atoms with E-state index < -0.39 is 97.5 Å². The maximum Gasteiger partial charge on any atom is 0.472 e. The second-order valence-corrected chi connectivity index (χ2v) is 29.5. The number of unbranched alkanes of at least 4 members (excludes halogenated alkanes) is 23. The van der Waals surface area contributed by atoms with Crippen LogP contribution in [0.5, 0.6) is 0 Å². The predicted molar refractivity (Wildman–Crippen MR) is 436 cm³/mol. The van der Waals surface area contributed by atoms with Crippen LogP contribution in [0.4, 0.5) is 0 Å². The molecule has 19 heteroatoms. The SMILES string of the molecule is CC/C=C\C/C=C\C/C=C\C/C=C\C/C=C\C/C=C\CCC(=O)OCC(COP(=O)(O)OCC(O)COP(=O)(O)OCC(COC(=O)CC/C=C\C/C=C\C/C=C\C/C=C\C/C=C\C/C=C\CC)OC(=O)CCCCCCCCCCCCCCCCC)OC(=O)CCCCCCC/C=C\CCCCCC. The molecule has 0 radical (unpaired) electrons. The summed E-state index contributed by atoms with van der Waals surface area (Å²) >= 11 is 0. The minimum Gasteiger partial charge on any atom is -0.462 e. The lowest BCUT2D eigenvalue weighted by Gasteiger charge is -2.21. The lowest BCUT2D eigenvalue weighted by molar-refractivity contribution is -0.161. The van der Waals surface area contributed by atoms with Crippen molar-refractivity contribution in [2.75, 3.05) is 39.6 Å². The Bertz CT molecular complexity index is 2630. The van der Waals surface area contributed by atoms with Gasteiger partial charge in [-0.25, -0.2) is 9.13 Å². The minimum absolute atomic E-state index is 0.0295. The van der Waals surface area contributed by atoms with Crippen LogP contribution in [0.15, 0.2) is 158 Å². The average molecular weight is 1520 g/mol. The molecule has 604 valence electrons. The molecule has 0 aromatic rings. The van der Waals surface area contributed by atoms with Crippen LogP contribution in [0, 0.1) is 0 Å². The number of allylic oxidation sites excluding steroid dienone is 26. The zero-order valence-corrected chi connectivity index (χ0v) is 67.8. The molecular weight excluding hydrogens is 1380 g/mol. The number of hydrogen-bond donors (Lipinski definition) is 3. The Balaban J connectivity index is 5.48. The fourth-order valence-electron chi connectivity index (χ4n) is 10.4. The second kappa shape index (κ2) is 77.8. The molecule has 0 bridgehead atoms. The van der Waals surface area contributed by atoms with Crippen molar-refractivity contribution in [2.24, 2.45) is 0 Å². The number of aliphatic hydroxyl groups excluding tert-OH is 1. The molecule has 0 rings (SSSR count). The van der Waals surface area contributed by atoms with Crippen LogP contribution in [0.1, 0.15) is 310 Å². The molecule has 0 saturated heterocycles. The van der Waals surface area contributed by atoms with Gasteiger partial charge in [-0.05, 0) is 128 Å². The van der Waals surface area contributed by atoms with Gasteiger partial charge in [0.15, 0.2) is 12.2 Å². The summed E-state index contributed by atoms with van der Waals surface area (Å²) in [5.41, 5.74) is 0. The first-order valence-corrected chi connectivity index (χ1v) is 43.7. The molecule has 5 unspecified atom stereocenters. The number of rotatable bonds is 75. The molecule has 0 aliphatic heterocycles. The number of phosphoric acid groups is 2. The molecule has 17 nitrogen and oxygen atoms in total. The van der Waals surface area contributed by atoms with Crippen molar-refractivity contribution in [3.8, 4) is 0 Å². The van der Waals surface area contributed by atoms with Gasteiger partial charge < -0.3 is 33.8 Å². The van der Waals surface area contributed by atoms with E-state index in [9.17, 15) is 43.2 Å². The molecule has 106 heavy (non-hydrogen) atoms. The monoisotopic (exact) mass is 1520 g/mol. The highest BCUT2D eigenvalue weighted by Gasteiger charge is 2.30. The van der Waals surface area contributed by atoms with E-state index in [4.69, 9.17) is 37.0 Å². The number of carbonyl (C=O) groups is 4. The van der Waals surface area contributed by atoms with E-state index in [0.29, 0.717) is 38.5 Å². The number of aliphatic hydroxyl groups is 1. The van der Waals surface area contributed by atoms with Gasteiger partial charge in [0.1, 0.15) is 19.3 Å². The van der Waals surface area contributed by atoms with Gasteiger partial charge in [0, 0.05) is 25.7 Å². The molecule has 0 heterocycles. The standard InChI is InChI=1S/C87H144O17P2/c1-5-9-13-17-21-25-29-33-36-38-40-42-45-48-51-55-59-63-67-71-84(89)97-77-82(103-86(91)73-69-65-61-57-53-47-32-28-24-20-16-12-8-4)79-101-105(93,94)99-75-81(88)76-100-106(95,96)102-80-83(104-87(92)74-70-66-62-58-54-50-44-35-31-27-23-19-15-11-7-3)78-98-85(90)72-68-64-60-56-52-49-46-43-41-39-37-34-30-26-22-18-14-10-6-2/h9-10,13-14,21-22,25-26,28,32-34,36-37,40-43,48-49,51-52,59-60,63-64,81-83,88H,5-8,11-12,15-20,23-24,27,29-31,35,38-39,44-47,50,53-58,61-62,65-80H2,1-4H3,(H,93,94)(H,95,96)/b13-9-,14-10-,25-21-,26-22-,32-28-,36-33-,37-34-,42-40-,43-41-,51-48-,52-49-,63-59-,64-60-. The number of esters is 4. The summed E-state index contributed by atoms with van der Waals surface area (Å²) in [7, 11) is -10.0. The van der Waals surface area contributed by atoms with Gasteiger partial charge in [0.05, 0.1) is 26.4 Å². The Labute approximate surface area is 642 Å². The largest absolute Gasteiger partial charge is 0.472 e. The fraction of sp³-hybridized carbons (Fsp3) is 0.655. The van der Waals surface area contributed by atoms with Gasteiger partial charge >= 0.3 is 39.5 Å². The normalized spacial score (nSPS) is 14.7. The number of ether oxygens (including phenoxy) is 4. The third kappa shape index (κ3) is 76.9. The van der Waals surface area contributed by atoms with E-state index in [1.54, 1.807) is 0 Å². The van der Waals surface area contributed by atoms with Gasteiger partial charge in [-0.15, -0.1) is 0 Å². The van der Waals surface area contributed by atoms with Crippen molar-refractivity contribution in [3.05, 3.63) is 158 Å². The van der Waals surface area contributed by atoms with E-state index in [0.717, 1.165) is 128 Å². The Hall–Kier alpha value is -5.32. The number of hydrogen-bond acceptors (Lipinski definition) is 15. The predicted octanol–water partition coefficient (Wildman–Crippen LogP) is 24.0. The Morgan fingerprint density at radius 2 is 0.509 bits per heavy atom. The average Bonchev–Trinajstić information content (AvgIpc) is 0.901. The molecule has 0 aromatic carbocycles. The zero-order chi connectivity index (χ0) is 77.4. The molecule has 0 aliphatic rings. The molecule has 0 amide bonds. The summed E-state index contributed by atoms with van der Waals surface area (Å²) in [6.07, 6.45) is 91.1. The summed E-state index contributed by atoms with van der Waals surface area (Å²) in [6.45, 7) is 4.46.